The van der Waals surface area contributed by atoms with Crippen molar-refractivity contribution in [1.82, 2.24) is 0 Å². The van der Waals surface area contributed by atoms with Gasteiger partial charge in [0.05, 0.1) is 5.69 Å². The third kappa shape index (κ3) is 2.40. The van der Waals surface area contributed by atoms with Crippen molar-refractivity contribution in [3.63, 3.8) is 0 Å². The number of nitrogens with zero attached hydrogens (tertiary/aromatic N) is 1. The predicted molar refractivity (Wildman–Crippen MR) is 63.7 cm³/mol. The molecular formula is C13H16FNO2. The van der Waals surface area contributed by atoms with Gasteiger partial charge in [0, 0.05) is 6.54 Å². The van der Waals surface area contributed by atoms with Gasteiger partial charge in [0.2, 0.25) is 0 Å². The topological polar surface area (TPSA) is 29.5 Å². The Morgan fingerprint density at radius 3 is 2.76 bits per heavy atom. The number of fused-ring (bicyclic) bond motifs is 1. The normalized spacial score (nSPS) is 14.7. The van der Waals surface area contributed by atoms with E-state index in [-0.39, 0.29) is 5.82 Å². The zero-order chi connectivity index (χ0) is 12.6. The number of amides is 1. The minimum atomic E-state index is -0.564. The molecule has 0 fully saturated rings. The molecule has 1 heterocycles. The van der Waals surface area contributed by atoms with E-state index >= 15 is 0 Å². The number of rotatable bonds is 0. The summed E-state index contributed by atoms with van der Waals surface area (Å²) in [6, 6.07) is 4.86. The Labute approximate surface area is 100 Å². The van der Waals surface area contributed by atoms with Gasteiger partial charge >= 0.3 is 6.09 Å². The molecule has 1 aliphatic heterocycles. The molecule has 0 aliphatic carbocycles. The smallest absolute Gasteiger partial charge is 0.414 e. The van der Waals surface area contributed by atoms with Crippen LogP contribution in [0.1, 0.15) is 26.3 Å². The highest BCUT2D eigenvalue weighted by molar-refractivity contribution is 5.90. The third-order valence-corrected chi connectivity index (χ3v) is 2.56. The number of carbonyl (C=O) groups excluding carboxylic acids is 1. The monoisotopic (exact) mass is 237 g/mol. The summed E-state index contributed by atoms with van der Waals surface area (Å²) in [4.78, 5) is 13.3. The molecule has 2 rings (SSSR count). The van der Waals surface area contributed by atoms with Crippen LogP contribution in [0.5, 0.6) is 0 Å². The first-order valence-electron chi connectivity index (χ1n) is 5.66. The molecule has 92 valence electrons. The second kappa shape index (κ2) is 4.02. The standard InChI is InChI=1S/C13H16FNO2/c1-13(2,3)17-12(16)15-8-7-9-5-4-6-10(14)11(9)15/h4-6H,7-8H2,1-3H3. The lowest BCUT2D eigenvalue weighted by Gasteiger charge is -2.24. The van der Waals surface area contributed by atoms with Crippen molar-refractivity contribution in [3.8, 4) is 0 Å². The molecule has 0 aromatic heterocycles. The SMILES string of the molecule is CC(C)(C)OC(=O)N1CCc2cccc(F)c21. The molecule has 1 aliphatic rings. The summed E-state index contributed by atoms with van der Waals surface area (Å²) in [5.74, 6) is -0.370. The number of hydrogen-bond donors (Lipinski definition) is 0. The van der Waals surface area contributed by atoms with Crippen LogP contribution in [0.2, 0.25) is 0 Å². The molecule has 0 radical (unpaired) electrons. The van der Waals surface area contributed by atoms with Gasteiger partial charge in [-0.25, -0.2) is 9.18 Å². The predicted octanol–water partition coefficient (Wildman–Crippen LogP) is 3.12. The number of para-hydroxylation sites is 1. The van der Waals surface area contributed by atoms with Crippen molar-refractivity contribution in [3.05, 3.63) is 29.6 Å². The first-order chi connectivity index (χ1) is 7.88. The van der Waals surface area contributed by atoms with E-state index in [1.165, 1.54) is 11.0 Å². The Morgan fingerprint density at radius 2 is 2.12 bits per heavy atom. The second-order valence-electron chi connectivity index (χ2n) is 5.13. The van der Waals surface area contributed by atoms with Gasteiger partial charge in [0.25, 0.3) is 0 Å². The molecule has 0 unspecified atom stereocenters. The molecule has 1 aromatic rings. The Hall–Kier alpha value is -1.58. The van der Waals surface area contributed by atoms with Gasteiger partial charge in [-0.1, -0.05) is 12.1 Å². The lowest BCUT2D eigenvalue weighted by atomic mass is 10.1. The van der Waals surface area contributed by atoms with Crippen LogP contribution >= 0.6 is 0 Å². The zero-order valence-corrected chi connectivity index (χ0v) is 10.3. The molecule has 0 saturated carbocycles. The van der Waals surface area contributed by atoms with E-state index in [4.69, 9.17) is 4.74 Å². The van der Waals surface area contributed by atoms with Gasteiger partial charge in [-0.3, -0.25) is 4.90 Å². The van der Waals surface area contributed by atoms with Crippen LogP contribution in [-0.2, 0) is 11.2 Å². The Morgan fingerprint density at radius 1 is 1.41 bits per heavy atom. The van der Waals surface area contributed by atoms with Crippen molar-refractivity contribution in [1.29, 1.82) is 0 Å². The quantitative estimate of drug-likeness (QED) is 0.693. The molecule has 3 nitrogen and oxygen atoms in total. The molecule has 0 spiro atoms. The molecule has 1 aromatic carbocycles. The number of anilines is 1. The molecule has 0 saturated heterocycles. The van der Waals surface area contributed by atoms with E-state index in [0.717, 1.165) is 5.56 Å². The van der Waals surface area contributed by atoms with E-state index in [1.807, 2.05) is 6.07 Å². The summed E-state index contributed by atoms with van der Waals surface area (Å²) in [7, 11) is 0. The summed E-state index contributed by atoms with van der Waals surface area (Å²) in [6.45, 7) is 5.86. The maximum atomic E-state index is 13.7. The fourth-order valence-corrected chi connectivity index (χ4v) is 1.91. The number of ether oxygens (including phenoxy) is 1. The minimum absolute atomic E-state index is 0.363. The summed E-state index contributed by atoms with van der Waals surface area (Å²) in [5.41, 5.74) is 0.656. The minimum Gasteiger partial charge on any atom is -0.443 e. The van der Waals surface area contributed by atoms with Crippen LogP contribution in [0.3, 0.4) is 0 Å². The Kier molecular flexibility index (Phi) is 2.81. The number of hydrogen-bond acceptors (Lipinski definition) is 2. The first kappa shape index (κ1) is 11.9. The highest BCUT2D eigenvalue weighted by Crippen LogP contribution is 2.31. The third-order valence-electron chi connectivity index (χ3n) is 2.56. The maximum Gasteiger partial charge on any atom is 0.414 e. The maximum absolute atomic E-state index is 13.7. The summed E-state index contributed by atoms with van der Waals surface area (Å²) < 4.78 is 18.9. The van der Waals surface area contributed by atoms with E-state index in [0.29, 0.717) is 18.7 Å². The van der Waals surface area contributed by atoms with Crippen LogP contribution in [0.25, 0.3) is 0 Å². The summed E-state index contributed by atoms with van der Waals surface area (Å²) >= 11 is 0. The number of halogens is 1. The van der Waals surface area contributed by atoms with Gasteiger partial charge in [-0.05, 0) is 38.8 Å². The lowest BCUT2D eigenvalue weighted by Crippen LogP contribution is -2.36. The average molecular weight is 237 g/mol. The molecule has 1 amide bonds. The van der Waals surface area contributed by atoms with Gasteiger partial charge in [0.1, 0.15) is 11.4 Å². The molecule has 4 heteroatoms. The van der Waals surface area contributed by atoms with Crippen LogP contribution in [0.4, 0.5) is 14.9 Å². The van der Waals surface area contributed by atoms with Crippen molar-refractivity contribution in [2.24, 2.45) is 0 Å². The van der Waals surface area contributed by atoms with Gasteiger partial charge in [-0.15, -0.1) is 0 Å². The Balaban J connectivity index is 2.25. The molecular weight excluding hydrogens is 221 g/mol. The van der Waals surface area contributed by atoms with E-state index in [1.54, 1.807) is 26.8 Å². The average Bonchev–Trinajstić information content (AvgIpc) is 2.60. The molecule has 0 N–H and O–H groups in total. The summed E-state index contributed by atoms with van der Waals surface area (Å²) in [5, 5.41) is 0. The van der Waals surface area contributed by atoms with Gasteiger partial charge < -0.3 is 4.74 Å². The van der Waals surface area contributed by atoms with E-state index < -0.39 is 11.7 Å². The second-order valence-corrected chi connectivity index (χ2v) is 5.13. The molecule has 0 atom stereocenters. The van der Waals surface area contributed by atoms with Crippen LogP contribution < -0.4 is 4.90 Å². The van der Waals surface area contributed by atoms with Gasteiger partial charge in [-0.2, -0.15) is 0 Å². The molecule has 0 bridgehead atoms. The zero-order valence-electron chi connectivity index (χ0n) is 10.3. The number of benzene rings is 1. The van der Waals surface area contributed by atoms with Crippen molar-refractivity contribution < 1.29 is 13.9 Å². The molecule has 17 heavy (non-hydrogen) atoms. The van der Waals surface area contributed by atoms with Crippen molar-refractivity contribution in [2.75, 3.05) is 11.4 Å². The summed E-state index contributed by atoms with van der Waals surface area (Å²) in [6.07, 6.45) is 0.188. The van der Waals surface area contributed by atoms with Crippen LogP contribution in [-0.4, -0.2) is 18.2 Å². The number of carbonyl (C=O) groups is 1. The van der Waals surface area contributed by atoms with E-state index in [9.17, 15) is 9.18 Å². The Bertz CT molecular complexity index is 451. The fraction of sp³-hybridized carbons (Fsp3) is 0.462. The van der Waals surface area contributed by atoms with E-state index in [2.05, 4.69) is 0 Å². The van der Waals surface area contributed by atoms with Gasteiger partial charge in [0.15, 0.2) is 0 Å². The van der Waals surface area contributed by atoms with Crippen molar-refractivity contribution >= 4 is 11.8 Å². The van der Waals surface area contributed by atoms with Crippen LogP contribution in [0, 0.1) is 5.82 Å². The van der Waals surface area contributed by atoms with Crippen LogP contribution in [0.15, 0.2) is 18.2 Å². The fourth-order valence-electron chi connectivity index (χ4n) is 1.91. The lowest BCUT2D eigenvalue weighted by molar-refractivity contribution is 0.0583. The largest absolute Gasteiger partial charge is 0.443 e. The highest BCUT2D eigenvalue weighted by atomic mass is 19.1. The first-order valence-corrected chi connectivity index (χ1v) is 5.66. The van der Waals surface area contributed by atoms with Crippen molar-refractivity contribution in [2.45, 2.75) is 32.8 Å². The highest BCUT2D eigenvalue weighted by Gasteiger charge is 2.30.